The second-order valence-corrected chi connectivity index (χ2v) is 4.17. The molecule has 1 amide bonds. The molecule has 0 unspecified atom stereocenters. The van der Waals surface area contributed by atoms with Crippen LogP contribution < -0.4 is 5.73 Å². The average molecular weight is 200 g/mol. The van der Waals surface area contributed by atoms with E-state index in [1.807, 2.05) is 18.7 Å². The van der Waals surface area contributed by atoms with Crippen molar-refractivity contribution in [1.29, 1.82) is 0 Å². The van der Waals surface area contributed by atoms with Gasteiger partial charge >= 0.3 is 0 Å². The molecule has 0 aromatic rings. The minimum absolute atomic E-state index is 0.100. The van der Waals surface area contributed by atoms with Crippen molar-refractivity contribution in [3.05, 3.63) is 0 Å². The van der Waals surface area contributed by atoms with E-state index in [0.29, 0.717) is 5.92 Å². The zero-order chi connectivity index (χ0) is 11.1. The summed E-state index contributed by atoms with van der Waals surface area (Å²) in [7, 11) is 0. The lowest BCUT2D eigenvalue weighted by molar-refractivity contribution is -0.133. The fourth-order valence-electron chi connectivity index (χ4n) is 1.48. The summed E-state index contributed by atoms with van der Waals surface area (Å²) in [4.78, 5) is 13.7. The van der Waals surface area contributed by atoms with E-state index in [1.165, 1.54) is 0 Å². The molecule has 0 aliphatic carbocycles. The van der Waals surface area contributed by atoms with Gasteiger partial charge in [0.25, 0.3) is 0 Å². The highest BCUT2D eigenvalue weighted by atomic mass is 16.2. The summed E-state index contributed by atoms with van der Waals surface area (Å²) in [6.07, 6.45) is 1.75. The zero-order valence-electron chi connectivity index (χ0n) is 9.92. The third kappa shape index (κ3) is 4.61. The Labute approximate surface area is 87.6 Å². The number of carbonyl (C=O) groups is 1. The van der Waals surface area contributed by atoms with Gasteiger partial charge in [-0.25, -0.2) is 0 Å². The lowest BCUT2D eigenvalue weighted by Crippen LogP contribution is -2.45. The highest BCUT2D eigenvalue weighted by Gasteiger charge is 2.19. The quantitative estimate of drug-likeness (QED) is 0.708. The van der Waals surface area contributed by atoms with Gasteiger partial charge in [-0.05, 0) is 19.3 Å². The number of carbonyl (C=O) groups excluding carboxylic acids is 1. The van der Waals surface area contributed by atoms with Crippen LogP contribution in [-0.2, 0) is 4.79 Å². The first-order valence-electron chi connectivity index (χ1n) is 5.57. The summed E-state index contributed by atoms with van der Waals surface area (Å²) in [5, 5.41) is 0. The van der Waals surface area contributed by atoms with Crippen LogP contribution in [0.3, 0.4) is 0 Å². The Morgan fingerprint density at radius 1 is 1.36 bits per heavy atom. The van der Waals surface area contributed by atoms with Crippen LogP contribution in [0.2, 0.25) is 0 Å². The standard InChI is InChI=1S/C11H24N2O/c1-5-7-10(12)11(14)13(6-2)8-9(3)4/h9-10H,5-8,12H2,1-4H3/t10-/m1/s1. The monoisotopic (exact) mass is 200 g/mol. The molecule has 0 rings (SSSR count). The molecule has 3 nitrogen and oxygen atoms in total. The summed E-state index contributed by atoms with van der Waals surface area (Å²) in [6.45, 7) is 9.84. The van der Waals surface area contributed by atoms with Gasteiger partial charge < -0.3 is 10.6 Å². The Morgan fingerprint density at radius 3 is 2.29 bits per heavy atom. The van der Waals surface area contributed by atoms with Crippen molar-refractivity contribution in [1.82, 2.24) is 4.90 Å². The van der Waals surface area contributed by atoms with Crippen LogP contribution in [0.1, 0.15) is 40.5 Å². The molecule has 84 valence electrons. The van der Waals surface area contributed by atoms with Crippen molar-refractivity contribution >= 4 is 5.91 Å². The van der Waals surface area contributed by atoms with Crippen LogP contribution in [0.15, 0.2) is 0 Å². The molecule has 0 spiro atoms. The van der Waals surface area contributed by atoms with Gasteiger partial charge in [-0.3, -0.25) is 4.79 Å². The molecule has 0 aliphatic heterocycles. The molecule has 0 aliphatic rings. The Kier molecular flexibility index (Phi) is 6.54. The first-order valence-corrected chi connectivity index (χ1v) is 5.57. The predicted molar refractivity (Wildman–Crippen MR) is 60.0 cm³/mol. The molecule has 0 fully saturated rings. The zero-order valence-corrected chi connectivity index (χ0v) is 9.92. The smallest absolute Gasteiger partial charge is 0.239 e. The molecule has 2 N–H and O–H groups in total. The number of rotatable bonds is 6. The lowest BCUT2D eigenvalue weighted by atomic mass is 10.1. The van der Waals surface area contributed by atoms with Crippen molar-refractivity contribution in [2.24, 2.45) is 11.7 Å². The van der Waals surface area contributed by atoms with Gasteiger partial charge in [0.15, 0.2) is 0 Å². The molecule has 3 heteroatoms. The van der Waals surface area contributed by atoms with Gasteiger partial charge in [0.05, 0.1) is 6.04 Å². The van der Waals surface area contributed by atoms with E-state index in [9.17, 15) is 4.79 Å². The molecule has 0 radical (unpaired) electrons. The van der Waals surface area contributed by atoms with Crippen molar-refractivity contribution in [2.75, 3.05) is 13.1 Å². The summed E-state index contributed by atoms with van der Waals surface area (Å²) in [5.41, 5.74) is 5.79. The second kappa shape index (κ2) is 6.82. The minimum Gasteiger partial charge on any atom is -0.341 e. The molecule has 1 atom stereocenters. The van der Waals surface area contributed by atoms with Gasteiger partial charge in [0.1, 0.15) is 0 Å². The highest BCUT2D eigenvalue weighted by Crippen LogP contribution is 2.03. The van der Waals surface area contributed by atoms with Crippen LogP contribution in [0.4, 0.5) is 0 Å². The van der Waals surface area contributed by atoms with Gasteiger partial charge in [0.2, 0.25) is 5.91 Å². The maximum Gasteiger partial charge on any atom is 0.239 e. The van der Waals surface area contributed by atoms with E-state index in [2.05, 4.69) is 13.8 Å². The highest BCUT2D eigenvalue weighted by molar-refractivity contribution is 5.81. The Hall–Kier alpha value is -0.570. The number of amides is 1. The van der Waals surface area contributed by atoms with E-state index in [0.717, 1.165) is 25.9 Å². The van der Waals surface area contributed by atoms with E-state index in [-0.39, 0.29) is 11.9 Å². The molecule has 0 aromatic heterocycles. The summed E-state index contributed by atoms with van der Waals surface area (Å²) >= 11 is 0. The van der Waals surface area contributed by atoms with E-state index < -0.39 is 0 Å². The third-order valence-corrected chi connectivity index (χ3v) is 2.20. The van der Waals surface area contributed by atoms with Crippen molar-refractivity contribution in [3.8, 4) is 0 Å². The SMILES string of the molecule is CCC[C@@H](N)C(=O)N(CC)CC(C)C. The molecule has 14 heavy (non-hydrogen) atoms. The molecule has 0 aromatic carbocycles. The Bertz CT molecular complexity index is 169. The van der Waals surface area contributed by atoms with Crippen LogP contribution in [0, 0.1) is 5.92 Å². The van der Waals surface area contributed by atoms with Crippen LogP contribution in [0.25, 0.3) is 0 Å². The maximum absolute atomic E-state index is 11.8. The topological polar surface area (TPSA) is 46.3 Å². The number of nitrogens with two attached hydrogens (primary N) is 1. The average Bonchev–Trinajstić information content (AvgIpc) is 2.13. The molecule has 0 saturated heterocycles. The van der Waals surface area contributed by atoms with E-state index in [1.54, 1.807) is 0 Å². The van der Waals surface area contributed by atoms with Gasteiger partial charge in [0, 0.05) is 13.1 Å². The van der Waals surface area contributed by atoms with Gasteiger partial charge in [-0.2, -0.15) is 0 Å². The molecule has 0 bridgehead atoms. The van der Waals surface area contributed by atoms with Gasteiger partial charge in [-0.1, -0.05) is 27.2 Å². The fraction of sp³-hybridized carbons (Fsp3) is 0.909. The predicted octanol–water partition coefficient (Wildman–Crippen LogP) is 1.62. The van der Waals surface area contributed by atoms with Crippen LogP contribution >= 0.6 is 0 Å². The fourth-order valence-corrected chi connectivity index (χ4v) is 1.48. The van der Waals surface area contributed by atoms with Crippen LogP contribution in [0.5, 0.6) is 0 Å². The lowest BCUT2D eigenvalue weighted by Gasteiger charge is -2.25. The molecule has 0 saturated carbocycles. The maximum atomic E-state index is 11.8. The second-order valence-electron chi connectivity index (χ2n) is 4.17. The summed E-state index contributed by atoms with van der Waals surface area (Å²) in [5.74, 6) is 0.607. The van der Waals surface area contributed by atoms with Gasteiger partial charge in [-0.15, -0.1) is 0 Å². The summed E-state index contributed by atoms with van der Waals surface area (Å²) in [6, 6.07) is -0.307. The Balaban J connectivity index is 4.15. The number of likely N-dealkylation sites (N-methyl/N-ethyl adjacent to an activating group) is 1. The first-order chi connectivity index (χ1) is 6.52. The first kappa shape index (κ1) is 13.4. The number of hydrogen-bond donors (Lipinski definition) is 1. The number of nitrogens with zero attached hydrogens (tertiary/aromatic N) is 1. The van der Waals surface area contributed by atoms with Crippen molar-refractivity contribution < 1.29 is 4.79 Å². The normalized spacial score (nSPS) is 13.0. The third-order valence-electron chi connectivity index (χ3n) is 2.20. The number of hydrogen-bond acceptors (Lipinski definition) is 2. The van der Waals surface area contributed by atoms with E-state index in [4.69, 9.17) is 5.73 Å². The Morgan fingerprint density at radius 2 is 1.93 bits per heavy atom. The summed E-state index contributed by atoms with van der Waals surface area (Å²) < 4.78 is 0. The van der Waals surface area contributed by atoms with Crippen LogP contribution in [-0.4, -0.2) is 29.9 Å². The van der Waals surface area contributed by atoms with E-state index >= 15 is 0 Å². The minimum atomic E-state index is -0.307. The van der Waals surface area contributed by atoms with Crippen molar-refractivity contribution in [3.63, 3.8) is 0 Å². The molecular weight excluding hydrogens is 176 g/mol. The van der Waals surface area contributed by atoms with Crippen molar-refractivity contribution in [2.45, 2.75) is 46.6 Å². The molecule has 0 heterocycles. The largest absolute Gasteiger partial charge is 0.341 e. The molecular formula is C11H24N2O.